The lowest BCUT2D eigenvalue weighted by molar-refractivity contribution is -0.150. The maximum Gasteiger partial charge on any atom is 0.327 e. The quantitative estimate of drug-likeness (QED) is 0.580. The van der Waals surface area contributed by atoms with Gasteiger partial charge in [0, 0.05) is 5.56 Å². The molecule has 2 rings (SSSR count). The predicted octanol–water partition coefficient (Wildman–Crippen LogP) is 1.82. The fourth-order valence-corrected chi connectivity index (χ4v) is 3.48. The minimum atomic E-state index is -1.54. The van der Waals surface area contributed by atoms with Crippen LogP contribution in [0.3, 0.4) is 0 Å². The molecule has 2 N–H and O–H groups in total. The standard InChI is InChI=1S/C15H13NO6S2/c1-22-10-5-3-2-4-8(10)6-11-13(19)16(15(23)24-11)9(14(20)21)7-12(17)18/h2-6,9H,7H2,1H3,(H,17,18)(H,20,21)/b11-6-/t9-/m1/s1. The molecule has 0 aliphatic carbocycles. The Bertz CT molecular complexity index is 745. The highest BCUT2D eigenvalue weighted by Gasteiger charge is 2.41. The lowest BCUT2D eigenvalue weighted by Gasteiger charge is -2.21. The summed E-state index contributed by atoms with van der Waals surface area (Å²) < 4.78 is 5.21. The van der Waals surface area contributed by atoms with Crippen LogP contribution in [-0.4, -0.2) is 50.4 Å². The Hall–Kier alpha value is -2.39. The number of para-hydroxylation sites is 1. The zero-order valence-corrected chi connectivity index (χ0v) is 14.1. The second kappa shape index (κ2) is 7.45. The van der Waals surface area contributed by atoms with Gasteiger partial charge in [0.15, 0.2) is 0 Å². The molecule has 24 heavy (non-hydrogen) atoms. The average Bonchev–Trinajstić information content (AvgIpc) is 2.79. The van der Waals surface area contributed by atoms with Crippen molar-refractivity contribution in [2.75, 3.05) is 7.11 Å². The number of rotatable bonds is 6. The van der Waals surface area contributed by atoms with Crippen molar-refractivity contribution in [2.24, 2.45) is 0 Å². The SMILES string of the molecule is COc1ccccc1/C=C1\SC(=S)N([C@H](CC(=O)O)C(=O)O)C1=O. The van der Waals surface area contributed by atoms with Crippen molar-refractivity contribution in [3.63, 3.8) is 0 Å². The molecule has 9 heteroatoms. The van der Waals surface area contributed by atoms with E-state index in [9.17, 15) is 19.5 Å². The van der Waals surface area contributed by atoms with Crippen LogP contribution in [0.2, 0.25) is 0 Å². The van der Waals surface area contributed by atoms with Gasteiger partial charge in [0.25, 0.3) is 5.91 Å². The molecular weight excluding hydrogens is 354 g/mol. The summed E-state index contributed by atoms with van der Waals surface area (Å²) in [6.07, 6.45) is 0.807. The molecule has 0 radical (unpaired) electrons. The summed E-state index contributed by atoms with van der Waals surface area (Å²) in [6.45, 7) is 0. The first-order chi connectivity index (χ1) is 11.3. The van der Waals surface area contributed by atoms with E-state index in [1.54, 1.807) is 24.3 Å². The highest BCUT2D eigenvalue weighted by molar-refractivity contribution is 8.26. The third-order valence-corrected chi connectivity index (χ3v) is 4.54. The minimum absolute atomic E-state index is 0.00907. The smallest absolute Gasteiger partial charge is 0.327 e. The number of thioether (sulfide) groups is 1. The van der Waals surface area contributed by atoms with Crippen LogP contribution in [0.25, 0.3) is 6.08 Å². The van der Waals surface area contributed by atoms with E-state index in [1.807, 2.05) is 0 Å². The first-order valence-electron chi connectivity index (χ1n) is 6.69. The molecule has 1 aliphatic heterocycles. The number of hydrogen-bond donors (Lipinski definition) is 2. The van der Waals surface area contributed by atoms with E-state index in [0.717, 1.165) is 16.7 Å². The lowest BCUT2D eigenvalue weighted by Crippen LogP contribution is -2.45. The van der Waals surface area contributed by atoms with E-state index in [0.29, 0.717) is 11.3 Å². The van der Waals surface area contributed by atoms with Crippen molar-refractivity contribution in [1.29, 1.82) is 0 Å². The molecule has 126 valence electrons. The summed E-state index contributed by atoms with van der Waals surface area (Å²) >= 11 is 5.99. The molecule has 1 aliphatic rings. The predicted molar refractivity (Wildman–Crippen MR) is 91.7 cm³/mol. The number of carbonyl (C=O) groups excluding carboxylic acids is 1. The molecule has 0 saturated carbocycles. The van der Waals surface area contributed by atoms with Gasteiger partial charge in [-0.05, 0) is 12.1 Å². The second-order valence-electron chi connectivity index (χ2n) is 4.75. The maximum absolute atomic E-state index is 12.5. The number of aliphatic carboxylic acids is 2. The van der Waals surface area contributed by atoms with Gasteiger partial charge in [0.1, 0.15) is 16.1 Å². The number of methoxy groups -OCH3 is 1. The Balaban J connectivity index is 2.36. The Morgan fingerprint density at radius 2 is 2.04 bits per heavy atom. The van der Waals surface area contributed by atoms with Gasteiger partial charge in [0.2, 0.25) is 0 Å². The van der Waals surface area contributed by atoms with Crippen molar-refractivity contribution in [3.05, 3.63) is 34.7 Å². The molecule has 1 fully saturated rings. The molecule has 1 aromatic rings. The molecule has 1 heterocycles. The summed E-state index contributed by atoms with van der Waals surface area (Å²) in [6, 6.07) is 5.45. The number of benzene rings is 1. The third-order valence-electron chi connectivity index (χ3n) is 3.21. The lowest BCUT2D eigenvalue weighted by atomic mass is 10.1. The fraction of sp³-hybridized carbons (Fsp3) is 0.200. The first kappa shape index (κ1) is 18.0. The molecule has 0 unspecified atom stereocenters. The number of carboxylic acid groups (broad SMARTS) is 2. The van der Waals surface area contributed by atoms with Crippen molar-refractivity contribution in [2.45, 2.75) is 12.5 Å². The summed E-state index contributed by atoms with van der Waals surface area (Å²) in [5, 5.41) is 18.1. The molecule has 0 spiro atoms. The number of amides is 1. The largest absolute Gasteiger partial charge is 0.496 e. The van der Waals surface area contributed by atoms with E-state index >= 15 is 0 Å². The maximum atomic E-state index is 12.5. The second-order valence-corrected chi connectivity index (χ2v) is 6.42. The molecule has 1 aromatic carbocycles. The highest BCUT2D eigenvalue weighted by Crippen LogP contribution is 2.35. The fourth-order valence-electron chi connectivity index (χ4n) is 2.13. The number of nitrogens with zero attached hydrogens (tertiary/aromatic N) is 1. The van der Waals surface area contributed by atoms with Gasteiger partial charge in [-0.1, -0.05) is 42.2 Å². The number of hydrogen-bond acceptors (Lipinski definition) is 6. The van der Waals surface area contributed by atoms with Crippen molar-refractivity contribution in [3.8, 4) is 5.75 Å². The Morgan fingerprint density at radius 3 is 2.62 bits per heavy atom. The number of thiocarbonyl (C=S) groups is 1. The Labute approximate surface area is 146 Å². The molecule has 0 aromatic heterocycles. The van der Waals surface area contributed by atoms with Gasteiger partial charge in [-0.25, -0.2) is 4.79 Å². The van der Waals surface area contributed by atoms with Gasteiger partial charge in [-0.2, -0.15) is 0 Å². The van der Waals surface area contributed by atoms with Crippen LogP contribution in [0.4, 0.5) is 0 Å². The van der Waals surface area contributed by atoms with Crippen molar-refractivity contribution in [1.82, 2.24) is 4.90 Å². The molecule has 1 atom stereocenters. The highest BCUT2D eigenvalue weighted by atomic mass is 32.2. The molecule has 7 nitrogen and oxygen atoms in total. The van der Waals surface area contributed by atoms with Crippen LogP contribution in [0, 0.1) is 0 Å². The zero-order chi connectivity index (χ0) is 17.9. The van der Waals surface area contributed by atoms with Crippen LogP contribution in [0.5, 0.6) is 5.75 Å². The summed E-state index contributed by atoms with van der Waals surface area (Å²) in [4.78, 5) is 35.7. The van der Waals surface area contributed by atoms with Crippen LogP contribution < -0.4 is 4.74 Å². The summed E-state index contributed by atoms with van der Waals surface area (Å²) in [5.74, 6) is -2.84. The van der Waals surface area contributed by atoms with Gasteiger partial charge < -0.3 is 14.9 Å². The van der Waals surface area contributed by atoms with E-state index in [2.05, 4.69) is 0 Å². The monoisotopic (exact) mass is 367 g/mol. The number of ether oxygens (including phenoxy) is 1. The Kier molecular flexibility index (Phi) is 5.58. The molecular formula is C15H13NO6S2. The minimum Gasteiger partial charge on any atom is -0.496 e. The van der Waals surface area contributed by atoms with Crippen molar-refractivity contribution < 1.29 is 29.3 Å². The first-order valence-corrected chi connectivity index (χ1v) is 7.92. The van der Waals surface area contributed by atoms with Gasteiger partial charge in [0.05, 0.1) is 18.4 Å². The van der Waals surface area contributed by atoms with Crippen LogP contribution in [-0.2, 0) is 14.4 Å². The summed E-state index contributed by atoms with van der Waals surface area (Å²) in [5.41, 5.74) is 0.630. The molecule has 1 amide bonds. The molecule has 0 bridgehead atoms. The van der Waals surface area contributed by atoms with Crippen LogP contribution in [0.15, 0.2) is 29.2 Å². The van der Waals surface area contributed by atoms with Crippen LogP contribution >= 0.6 is 24.0 Å². The number of carboxylic acids is 2. The van der Waals surface area contributed by atoms with Gasteiger partial charge >= 0.3 is 11.9 Å². The summed E-state index contributed by atoms with van der Waals surface area (Å²) in [7, 11) is 1.49. The normalized spacial score (nSPS) is 17.2. The Morgan fingerprint density at radius 1 is 1.38 bits per heavy atom. The topological polar surface area (TPSA) is 104 Å². The van der Waals surface area contributed by atoms with E-state index in [-0.39, 0.29) is 9.23 Å². The van der Waals surface area contributed by atoms with Gasteiger partial charge in [-0.3, -0.25) is 14.5 Å². The van der Waals surface area contributed by atoms with E-state index in [4.69, 9.17) is 22.1 Å². The van der Waals surface area contributed by atoms with E-state index in [1.165, 1.54) is 13.2 Å². The number of carbonyl (C=O) groups is 3. The van der Waals surface area contributed by atoms with E-state index < -0.39 is 30.3 Å². The third kappa shape index (κ3) is 3.74. The average molecular weight is 367 g/mol. The van der Waals surface area contributed by atoms with Crippen LogP contribution in [0.1, 0.15) is 12.0 Å². The zero-order valence-electron chi connectivity index (χ0n) is 12.5. The van der Waals surface area contributed by atoms with Crippen molar-refractivity contribution >= 4 is 52.2 Å². The van der Waals surface area contributed by atoms with Gasteiger partial charge in [-0.15, -0.1) is 0 Å². The molecule has 1 saturated heterocycles.